The first-order valence-electron chi connectivity index (χ1n) is 7.83. The monoisotopic (exact) mass is 382 g/mol. The third-order valence-corrected chi connectivity index (χ3v) is 4.59. The SMILES string of the molecule is Cc1nc(-c2ccccc2)c(C(=O)NNC(=O)c2ccc([N+](=O)[O-])cc2)s1. The summed E-state index contributed by atoms with van der Waals surface area (Å²) in [7, 11) is 0. The van der Waals surface area contributed by atoms with Crippen LogP contribution in [0.3, 0.4) is 0 Å². The largest absolute Gasteiger partial charge is 0.282 e. The van der Waals surface area contributed by atoms with Gasteiger partial charge in [-0.2, -0.15) is 0 Å². The second-order valence-electron chi connectivity index (χ2n) is 5.49. The van der Waals surface area contributed by atoms with Gasteiger partial charge in [-0.05, 0) is 19.1 Å². The van der Waals surface area contributed by atoms with E-state index in [0.29, 0.717) is 10.6 Å². The van der Waals surface area contributed by atoms with E-state index in [1.807, 2.05) is 30.3 Å². The molecule has 0 aliphatic carbocycles. The predicted octanol–water partition coefficient (Wildman–Crippen LogP) is 3.10. The van der Waals surface area contributed by atoms with Crippen LogP contribution < -0.4 is 10.9 Å². The molecule has 0 bridgehead atoms. The molecule has 0 saturated heterocycles. The number of aryl methyl sites for hydroxylation is 1. The average molecular weight is 382 g/mol. The highest BCUT2D eigenvalue weighted by Gasteiger charge is 2.19. The first kappa shape index (κ1) is 18.2. The van der Waals surface area contributed by atoms with Crippen LogP contribution in [0.15, 0.2) is 54.6 Å². The highest BCUT2D eigenvalue weighted by molar-refractivity contribution is 7.14. The maximum atomic E-state index is 12.5. The van der Waals surface area contributed by atoms with Gasteiger partial charge in [0.05, 0.1) is 15.6 Å². The summed E-state index contributed by atoms with van der Waals surface area (Å²) >= 11 is 1.22. The van der Waals surface area contributed by atoms with Crippen molar-refractivity contribution in [2.75, 3.05) is 0 Å². The zero-order chi connectivity index (χ0) is 19.4. The van der Waals surface area contributed by atoms with Crippen molar-refractivity contribution in [3.63, 3.8) is 0 Å². The van der Waals surface area contributed by atoms with Gasteiger partial charge in [-0.25, -0.2) is 4.98 Å². The van der Waals surface area contributed by atoms with Gasteiger partial charge >= 0.3 is 0 Å². The quantitative estimate of drug-likeness (QED) is 0.531. The molecule has 1 heterocycles. The molecule has 2 amide bonds. The molecule has 136 valence electrons. The van der Waals surface area contributed by atoms with Crippen molar-refractivity contribution in [2.24, 2.45) is 0 Å². The Hall–Kier alpha value is -3.59. The Morgan fingerprint density at radius 1 is 1.00 bits per heavy atom. The molecule has 0 atom stereocenters. The zero-order valence-corrected chi connectivity index (χ0v) is 14.9. The lowest BCUT2D eigenvalue weighted by Gasteiger charge is -2.07. The number of hydrogen-bond donors (Lipinski definition) is 2. The van der Waals surface area contributed by atoms with Crippen LogP contribution in [-0.2, 0) is 0 Å². The first-order chi connectivity index (χ1) is 13.0. The van der Waals surface area contributed by atoms with Crippen LogP contribution >= 0.6 is 11.3 Å². The van der Waals surface area contributed by atoms with Crippen molar-refractivity contribution in [1.82, 2.24) is 15.8 Å². The summed E-state index contributed by atoms with van der Waals surface area (Å²) in [6, 6.07) is 14.3. The van der Waals surface area contributed by atoms with Crippen molar-refractivity contribution in [2.45, 2.75) is 6.92 Å². The van der Waals surface area contributed by atoms with Crippen molar-refractivity contribution >= 4 is 28.8 Å². The van der Waals surface area contributed by atoms with Crippen LogP contribution in [0, 0.1) is 17.0 Å². The third kappa shape index (κ3) is 4.15. The molecule has 0 saturated carbocycles. The number of aromatic nitrogens is 1. The van der Waals surface area contributed by atoms with Gasteiger partial charge in [-0.3, -0.25) is 30.6 Å². The summed E-state index contributed by atoms with van der Waals surface area (Å²) in [5.41, 5.74) is 6.06. The van der Waals surface area contributed by atoms with Crippen molar-refractivity contribution < 1.29 is 14.5 Å². The van der Waals surface area contributed by atoms with E-state index in [1.165, 1.54) is 35.6 Å². The highest BCUT2D eigenvalue weighted by atomic mass is 32.1. The number of benzene rings is 2. The summed E-state index contributed by atoms with van der Waals surface area (Å²) in [4.78, 5) is 39.5. The molecule has 8 nitrogen and oxygen atoms in total. The Bertz CT molecular complexity index is 1000. The van der Waals surface area contributed by atoms with E-state index < -0.39 is 16.7 Å². The number of carbonyl (C=O) groups excluding carboxylic acids is 2. The van der Waals surface area contributed by atoms with Gasteiger partial charge in [0.25, 0.3) is 17.5 Å². The summed E-state index contributed by atoms with van der Waals surface area (Å²) in [5.74, 6) is -1.07. The number of amides is 2. The number of nitro benzene ring substituents is 1. The molecule has 0 fully saturated rings. The molecule has 2 N–H and O–H groups in total. The molecule has 0 unspecified atom stereocenters. The smallest absolute Gasteiger partial charge is 0.267 e. The number of thiazole rings is 1. The fourth-order valence-electron chi connectivity index (χ4n) is 2.35. The Balaban J connectivity index is 1.71. The number of hydrazine groups is 1. The molecule has 0 aliphatic rings. The predicted molar refractivity (Wildman–Crippen MR) is 100 cm³/mol. The second-order valence-corrected chi connectivity index (χ2v) is 6.69. The molecular formula is C18H14N4O4S. The fraction of sp³-hybridized carbons (Fsp3) is 0.0556. The van der Waals surface area contributed by atoms with Crippen molar-refractivity contribution in [3.05, 3.63) is 80.2 Å². The second kappa shape index (κ2) is 7.75. The van der Waals surface area contributed by atoms with Gasteiger partial charge in [0.15, 0.2) is 0 Å². The number of nitro groups is 1. The lowest BCUT2D eigenvalue weighted by atomic mass is 10.1. The molecule has 3 rings (SSSR count). The minimum Gasteiger partial charge on any atom is -0.267 e. The van der Waals surface area contributed by atoms with E-state index in [4.69, 9.17) is 0 Å². The van der Waals surface area contributed by atoms with Crippen LogP contribution in [-0.4, -0.2) is 21.7 Å². The van der Waals surface area contributed by atoms with E-state index in [0.717, 1.165) is 10.6 Å². The van der Waals surface area contributed by atoms with Gasteiger partial charge in [-0.15, -0.1) is 11.3 Å². The Morgan fingerprint density at radius 2 is 1.63 bits per heavy atom. The normalized spacial score (nSPS) is 10.3. The lowest BCUT2D eigenvalue weighted by molar-refractivity contribution is -0.384. The number of hydrogen-bond acceptors (Lipinski definition) is 6. The van der Waals surface area contributed by atoms with E-state index in [1.54, 1.807) is 6.92 Å². The molecule has 1 aromatic heterocycles. The number of rotatable bonds is 4. The van der Waals surface area contributed by atoms with Gasteiger partial charge in [0.2, 0.25) is 0 Å². The van der Waals surface area contributed by atoms with E-state index in [9.17, 15) is 19.7 Å². The summed E-state index contributed by atoms with van der Waals surface area (Å²) < 4.78 is 0. The van der Waals surface area contributed by atoms with Crippen LogP contribution in [0.1, 0.15) is 25.0 Å². The van der Waals surface area contributed by atoms with Crippen LogP contribution in [0.25, 0.3) is 11.3 Å². The average Bonchev–Trinajstić information content (AvgIpc) is 3.08. The minimum atomic E-state index is -0.583. The van der Waals surface area contributed by atoms with Gasteiger partial charge < -0.3 is 0 Å². The van der Waals surface area contributed by atoms with Crippen molar-refractivity contribution in [3.8, 4) is 11.3 Å². The molecule has 0 aliphatic heterocycles. The van der Waals surface area contributed by atoms with E-state index in [-0.39, 0.29) is 11.3 Å². The zero-order valence-electron chi connectivity index (χ0n) is 14.1. The number of non-ortho nitro benzene ring substituents is 1. The molecule has 0 spiro atoms. The highest BCUT2D eigenvalue weighted by Crippen LogP contribution is 2.27. The van der Waals surface area contributed by atoms with Crippen LogP contribution in [0.2, 0.25) is 0 Å². The molecule has 9 heteroatoms. The molecule has 0 radical (unpaired) electrons. The number of nitrogens with one attached hydrogen (secondary N) is 2. The molecule has 27 heavy (non-hydrogen) atoms. The number of carbonyl (C=O) groups is 2. The Morgan fingerprint density at radius 3 is 2.26 bits per heavy atom. The Kier molecular flexibility index (Phi) is 5.23. The standard InChI is InChI=1S/C18H14N4O4S/c1-11-19-15(12-5-3-2-4-6-12)16(27-11)18(24)21-20-17(23)13-7-9-14(10-8-13)22(25)26/h2-10H,1H3,(H,20,23)(H,21,24). The maximum absolute atomic E-state index is 12.5. The van der Waals surface area contributed by atoms with Crippen LogP contribution in [0.4, 0.5) is 5.69 Å². The molecule has 2 aromatic carbocycles. The van der Waals surface area contributed by atoms with Gasteiger partial charge in [0, 0.05) is 23.3 Å². The summed E-state index contributed by atoms with van der Waals surface area (Å²) in [6.45, 7) is 1.79. The van der Waals surface area contributed by atoms with Crippen LogP contribution in [0.5, 0.6) is 0 Å². The minimum absolute atomic E-state index is 0.122. The summed E-state index contributed by atoms with van der Waals surface area (Å²) in [6.07, 6.45) is 0. The lowest BCUT2D eigenvalue weighted by Crippen LogP contribution is -2.41. The molecular weight excluding hydrogens is 368 g/mol. The van der Waals surface area contributed by atoms with E-state index in [2.05, 4.69) is 15.8 Å². The first-order valence-corrected chi connectivity index (χ1v) is 8.65. The van der Waals surface area contributed by atoms with Crippen molar-refractivity contribution in [1.29, 1.82) is 0 Å². The third-order valence-electron chi connectivity index (χ3n) is 3.62. The van der Waals surface area contributed by atoms with Gasteiger partial charge in [0.1, 0.15) is 4.88 Å². The molecule has 3 aromatic rings. The van der Waals surface area contributed by atoms with Gasteiger partial charge in [-0.1, -0.05) is 30.3 Å². The summed E-state index contributed by atoms with van der Waals surface area (Å²) in [5, 5.41) is 11.4. The fourth-order valence-corrected chi connectivity index (χ4v) is 3.19. The maximum Gasteiger partial charge on any atom is 0.282 e. The van der Waals surface area contributed by atoms with E-state index >= 15 is 0 Å². The number of nitrogens with zero attached hydrogens (tertiary/aromatic N) is 2. The topological polar surface area (TPSA) is 114 Å². The Labute approximate surface area is 158 Å².